The molecule has 0 saturated heterocycles. The number of amidine groups is 2. The molecule has 0 radical (unpaired) electrons. The van der Waals surface area contributed by atoms with Gasteiger partial charge in [0.2, 0.25) is 0 Å². The number of aromatic nitrogens is 1. The molecule has 6 nitrogen and oxygen atoms in total. The standard InChI is InChI=1S/C51H32N4O2/c1-3-13-31(14-4-1)49-52-50(33-25-27-38-37-18-8-10-23-44(37)56-46(38)30-33)54-51(53-49)40-21-11-20-39-47-35(19-12-24-45(47)57-48(39)40)32-26-28-43-41(29-32)36-17-7-9-22-42(36)55(43)34-15-5-2-6-16-34/h1-30,50H,(H,52,53,54). The van der Waals surface area contributed by atoms with E-state index >= 15 is 0 Å². The summed E-state index contributed by atoms with van der Waals surface area (Å²) in [5.74, 6) is 1.34. The third kappa shape index (κ3) is 4.97. The molecule has 4 heterocycles. The molecule has 6 heteroatoms. The first-order valence-electron chi connectivity index (χ1n) is 19.2. The fraction of sp³-hybridized carbons (Fsp3) is 0.0196. The van der Waals surface area contributed by atoms with Gasteiger partial charge in [-0.3, -0.25) is 0 Å². The average molecular weight is 733 g/mol. The van der Waals surface area contributed by atoms with Crippen molar-refractivity contribution in [1.82, 2.24) is 9.88 Å². The first-order valence-corrected chi connectivity index (χ1v) is 19.2. The second kappa shape index (κ2) is 12.4. The van der Waals surface area contributed by atoms with Gasteiger partial charge in [0.15, 0.2) is 5.84 Å². The van der Waals surface area contributed by atoms with E-state index in [-0.39, 0.29) is 0 Å². The van der Waals surface area contributed by atoms with Crippen LogP contribution in [0.25, 0.3) is 82.5 Å². The Morgan fingerprint density at radius 3 is 2.07 bits per heavy atom. The van der Waals surface area contributed by atoms with E-state index in [0.717, 1.165) is 83.2 Å². The average Bonchev–Trinajstić information content (AvgIpc) is 3.96. The van der Waals surface area contributed by atoms with Crippen LogP contribution in [0.2, 0.25) is 0 Å². The predicted octanol–water partition coefficient (Wildman–Crippen LogP) is 12.7. The van der Waals surface area contributed by atoms with Crippen molar-refractivity contribution in [3.8, 4) is 16.8 Å². The Hall–Kier alpha value is -7.70. The van der Waals surface area contributed by atoms with Gasteiger partial charge in [-0.05, 0) is 65.7 Å². The van der Waals surface area contributed by atoms with Crippen molar-refractivity contribution in [3.63, 3.8) is 0 Å². The maximum Gasteiger partial charge on any atom is 0.163 e. The van der Waals surface area contributed by atoms with E-state index in [1.807, 2.05) is 36.4 Å². The number of nitrogens with zero attached hydrogens (tertiary/aromatic N) is 3. The SMILES string of the molecule is c1ccc(C2=NC(c3cccc4c3oc3cccc(-c5ccc6c(c5)c5ccccc5n6-c5ccccc5)c34)=NC(c3ccc4c(c3)oc3ccccc34)N2)cc1. The second-order valence-electron chi connectivity index (χ2n) is 14.6. The number of benzene rings is 8. The van der Waals surface area contributed by atoms with Gasteiger partial charge in [0.25, 0.3) is 0 Å². The van der Waals surface area contributed by atoms with Crippen molar-refractivity contribution in [1.29, 1.82) is 0 Å². The highest BCUT2D eigenvalue weighted by Gasteiger charge is 2.25. The smallest absolute Gasteiger partial charge is 0.163 e. The van der Waals surface area contributed by atoms with E-state index in [2.05, 4.69) is 155 Å². The van der Waals surface area contributed by atoms with Crippen LogP contribution in [0.5, 0.6) is 0 Å². The highest BCUT2D eigenvalue weighted by Crippen LogP contribution is 2.41. The van der Waals surface area contributed by atoms with Crippen molar-refractivity contribution >= 4 is 77.4 Å². The van der Waals surface area contributed by atoms with Crippen LogP contribution < -0.4 is 5.32 Å². The number of fused-ring (bicyclic) bond motifs is 9. The van der Waals surface area contributed by atoms with Crippen molar-refractivity contribution in [3.05, 3.63) is 199 Å². The van der Waals surface area contributed by atoms with Gasteiger partial charge in [0, 0.05) is 49.1 Å². The largest absolute Gasteiger partial charge is 0.456 e. The van der Waals surface area contributed by atoms with Gasteiger partial charge >= 0.3 is 0 Å². The third-order valence-electron chi connectivity index (χ3n) is 11.3. The monoisotopic (exact) mass is 732 g/mol. The lowest BCUT2D eigenvalue weighted by atomic mass is 9.97. The predicted molar refractivity (Wildman–Crippen MR) is 233 cm³/mol. The van der Waals surface area contributed by atoms with E-state index in [4.69, 9.17) is 18.8 Å². The molecule has 3 aromatic heterocycles. The summed E-state index contributed by atoms with van der Waals surface area (Å²) in [6, 6.07) is 63.3. The summed E-state index contributed by atoms with van der Waals surface area (Å²) in [7, 11) is 0. The lowest BCUT2D eigenvalue weighted by Gasteiger charge is -2.23. The van der Waals surface area contributed by atoms with Gasteiger partial charge in [-0.15, -0.1) is 0 Å². The minimum Gasteiger partial charge on any atom is -0.456 e. The van der Waals surface area contributed by atoms with Gasteiger partial charge < -0.3 is 18.7 Å². The lowest BCUT2D eigenvalue weighted by molar-refractivity contribution is 0.653. The Balaban J connectivity index is 1.02. The number of hydrogen-bond donors (Lipinski definition) is 1. The fourth-order valence-electron chi connectivity index (χ4n) is 8.66. The van der Waals surface area contributed by atoms with Gasteiger partial charge in [0.05, 0.1) is 16.6 Å². The van der Waals surface area contributed by atoms with Crippen LogP contribution in [-0.4, -0.2) is 16.2 Å². The minimum atomic E-state index is -0.412. The summed E-state index contributed by atoms with van der Waals surface area (Å²) in [5, 5.41) is 10.3. The quantitative estimate of drug-likeness (QED) is 0.192. The number of para-hydroxylation sites is 4. The third-order valence-corrected chi connectivity index (χ3v) is 11.3. The molecule has 1 N–H and O–H groups in total. The number of nitrogens with one attached hydrogen (secondary N) is 1. The van der Waals surface area contributed by atoms with Crippen molar-refractivity contribution in [2.75, 3.05) is 0 Å². The summed E-state index contributed by atoms with van der Waals surface area (Å²) in [4.78, 5) is 10.4. The van der Waals surface area contributed by atoms with Crippen LogP contribution in [-0.2, 0) is 0 Å². The molecule has 12 rings (SSSR count). The maximum absolute atomic E-state index is 6.80. The van der Waals surface area contributed by atoms with Crippen LogP contribution in [0.3, 0.4) is 0 Å². The number of rotatable bonds is 5. The fourth-order valence-corrected chi connectivity index (χ4v) is 8.66. The highest BCUT2D eigenvalue weighted by atomic mass is 16.3. The summed E-state index contributed by atoms with van der Waals surface area (Å²) < 4.78 is 15.4. The molecule has 1 aliphatic heterocycles. The Kier molecular flexibility index (Phi) is 6.89. The zero-order chi connectivity index (χ0) is 37.5. The summed E-state index contributed by atoms with van der Waals surface area (Å²) in [6.45, 7) is 0. The van der Waals surface area contributed by atoms with Gasteiger partial charge in [0.1, 0.15) is 34.3 Å². The molecule has 1 unspecified atom stereocenters. The molecule has 0 spiro atoms. The van der Waals surface area contributed by atoms with Crippen LogP contribution >= 0.6 is 0 Å². The Morgan fingerprint density at radius 1 is 0.474 bits per heavy atom. The topological polar surface area (TPSA) is 68.0 Å². The molecule has 1 aliphatic rings. The maximum atomic E-state index is 6.80. The molecule has 57 heavy (non-hydrogen) atoms. The van der Waals surface area contributed by atoms with E-state index in [1.54, 1.807) is 0 Å². The molecule has 0 fully saturated rings. The number of hydrogen-bond acceptors (Lipinski definition) is 5. The molecule has 0 amide bonds. The van der Waals surface area contributed by atoms with E-state index in [9.17, 15) is 0 Å². The first kappa shape index (κ1) is 31.6. The first-order chi connectivity index (χ1) is 28.2. The summed E-state index contributed by atoms with van der Waals surface area (Å²) >= 11 is 0. The zero-order valence-electron chi connectivity index (χ0n) is 30.6. The van der Waals surface area contributed by atoms with Crippen molar-refractivity contribution in [2.24, 2.45) is 9.98 Å². The van der Waals surface area contributed by atoms with Crippen LogP contribution in [0.4, 0.5) is 0 Å². The normalized spacial score (nSPS) is 14.5. The van der Waals surface area contributed by atoms with E-state index in [0.29, 0.717) is 5.84 Å². The molecule has 11 aromatic rings. The van der Waals surface area contributed by atoms with Gasteiger partial charge in [-0.25, -0.2) is 9.98 Å². The molecular weight excluding hydrogens is 701 g/mol. The summed E-state index contributed by atoms with van der Waals surface area (Å²) in [6.07, 6.45) is -0.412. The lowest BCUT2D eigenvalue weighted by Crippen LogP contribution is -2.33. The van der Waals surface area contributed by atoms with Crippen LogP contribution in [0.15, 0.2) is 201 Å². The highest BCUT2D eigenvalue weighted by molar-refractivity contribution is 6.22. The molecule has 1 atom stereocenters. The molecule has 268 valence electrons. The molecule has 0 saturated carbocycles. The zero-order valence-corrected chi connectivity index (χ0v) is 30.6. The summed E-state index contributed by atoms with van der Waals surface area (Å²) in [5.41, 5.74) is 11.8. The molecule has 0 aliphatic carbocycles. The van der Waals surface area contributed by atoms with Crippen molar-refractivity contribution in [2.45, 2.75) is 6.17 Å². The van der Waals surface area contributed by atoms with E-state index in [1.165, 1.54) is 21.8 Å². The number of aliphatic imine (C=N–C) groups is 2. The van der Waals surface area contributed by atoms with Gasteiger partial charge in [-0.2, -0.15) is 0 Å². The molecule has 8 aromatic carbocycles. The second-order valence-corrected chi connectivity index (χ2v) is 14.6. The minimum absolute atomic E-state index is 0.412. The van der Waals surface area contributed by atoms with Crippen molar-refractivity contribution < 1.29 is 8.83 Å². The Bertz CT molecular complexity index is 3440. The van der Waals surface area contributed by atoms with Crippen LogP contribution in [0, 0.1) is 0 Å². The Morgan fingerprint density at radius 2 is 1.18 bits per heavy atom. The number of furan rings is 2. The van der Waals surface area contributed by atoms with E-state index < -0.39 is 6.17 Å². The Labute approximate surface area is 326 Å². The molecule has 0 bridgehead atoms. The van der Waals surface area contributed by atoms with Gasteiger partial charge in [-0.1, -0.05) is 127 Å². The van der Waals surface area contributed by atoms with Crippen LogP contribution in [0.1, 0.15) is 22.9 Å². The molecular formula is C51H32N4O2.